The largest absolute Gasteiger partial charge is 0.352 e. The smallest absolute Gasteiger partial charge is 0.252 e. The maximum Gasteiger partial charge on any atom is 0.252 e. The van der Waals surface area contributed by atoms with E-state index >= 15 is 0 Å². The van der Waals surface area contributed by atoms with Gasteiger partial charge in [0, 0.05) is 17.9 Å². The van der Waals surface area contributed by atoms with Crippen LogP contribution in [0.25, 0.3) is 0 Å². The van der Waals surface area contributed by atoms with E-state index in [9.17, 15) is 4.79 Å². The summed E-state index contributed by atoms with van der Waals surface area (Å²) in [6, 6.07) is 7.63. The molecule has 0 atom stereocenters. The van der Waals surface area contributed by atoms with Crippen molar-refractivity contribution in [3.63, 3.8) is 0 Å². The molecule has 0 aliphatic heterocycles. The second-order valence-corrected chi connectivity index (χ2v) is 4.47. The van der Waals surface area contributed by atoms with Crippen molar-refractivity contribution < 1.29 is 4.79 Å². The Labute approximate surface area is 107 Å². The first kappa shape index (κ1) is 13.7. The number of carbonyl (C=O) groups excluding carboxylic acids is 1. The lowest BCUT2D eigenvalue weighted by Gasteiger charge is -2.07. The molecule has 0 saturated carbocycles. The van der Waals surface area contributed by atoms with E-state index in [4.69, 9.17) is 6.42 Å². The molecule has 1 aromatic rings. The molecule has 3 heteroatoms. The van der Waals surface area contributed by atoms with Gasteiger partial charge in [0.2, 0.25) is 0 Å². The predicted molar refractivity (Wildman–Crippen MR) is 73.2 cm³/mol. The molecular formula is C14H17NOS. The summed E-state index contributed by atoms with van der Waals surface area (Å²) in [6.07, 6.45) is 9.79. The Morgan fingerprint density at radius 2 is 2.18 bits per heavy atom. The second kappa shape index (κ2) is 7.81. The molecule has 0 unspecified atom stereocenters. The van der Waals surface area contributed by atoms with Crippen LogP contribution in [0, 0.1) is 12.3 Å². The quantitative estimate of drug-likeness (QED) is 0.476. The van der Waals surface area contributed by atoms with Crippen molar-refractivity contribution in [3.8, 4) is 12.3 Å². The van der Waals surface area contributed by atoms with Gasteiger partial charge in [-0.1, -0.05) is 12.1 Å². The van der Waals surface area contributed by atoms with Crippen LogP contribution in [0.2, 0.25) is 0 Å². The summed E-state index contributed by atoms with van der Waals surface area (Å²) in [5.74, 6) is 2.59. The van der Waals surface area contributed by atoms with E-state index in [0.717, 1.165) is 29.7 Å². The zero-order valence-electron chi connectivity index (χ0n) is 10.0. The summed E-state index contributed by atoms with van der Waals surface area (Å²) in [6.45, 7) is 0.684. The molecule has 90 valence electrons. The predicted octanol–water partition coefficient (Wildman–Crippen LogP) is 2.94. The van der Waals surface area contributed by atoms with Crippen LogP contribution in [-0.2, 0) is 0 Å². The summed E-state index contributed by atoms with van der Waals surface area (Å²) in [7, 11) is 0. The Kier molecular flexibility index (Phi) is 6.27. The van der Waals surface area contributed by atoms with Crippen LogP contribution in [-0.4, -0.2) is 18.7 Å². The fourth-order valence-corrected chi connectivity index (χ4v) is 2.08. The number of nitrogens with one attached hydrogen (secondary N) is 1. The number of carbonyl (C=O) groups is 1. The van der Waals surface area contributed by atoms with E-state index in [1.165, 1.54) is 0 Å². The molecule has 0 spiro atoms. The average molecular weight is 247 g/mol. The van der Waals surface area contributed by atoms with Gasteiger partial charge >= 0.3 is 0 Å². The third kappa shape index (κ3) is 4.54. The molecule has 0 fully saturated rings. The Morgan fingerprint density at radius 1 is 1.41 bits per heavy atom. The van der Waals surface area contributed by atoms with Crippen LogP contribution in [0.1, 0.15) is 29.6 Å². The fourth-order valence-electron chi connectivity index (χ4n) is 1.48. The monoisotopic (exact) mass is 247 g/mol. The molecule has 17 heavy (non-hydrogen) atoms. The first-order valence-corrected chi connectivity index (χ1v) is 6.86. The highest BCUT2D eigenvalue weighted by Gasteiger charge is 2.08. The van der Waals surface area contributed by atoms with E-state index in [0.29, 0.717) is 6.54 Å². The lowest BCUT2D eigenvalue weighted by Crippen LogP contribution is -2.24. The van der Waals surface area contributed by atoms with Crippen LogP contribution in [0.5, 0.6) is 0 Å². The maximum absolute atomic E-state index is 11.9. The van der Waals surface area contributed by atoms with Gasteiger partial charge in [-0.05, 0) is 31.2 Å². The molecule has 0 radical (unpaired) electrons. The van der Waals surface area contributed by atoms with Gasteiger partial charge in [0.25, 0.3) is 5.91 Å². The summed E-state index contributed by atoms with van der Waals surface area (Å²) in [5.41, 5.74) is 0.747. The zero-order valence-corrected chi connectivity index (χ0v) is 10.8. The number of hydrogen-bond acceptors (Lipinski definition) is 2. The van der Waals surface area contributed by atoms with Gasteiger partial charge in [-0.15, -0.1) is 24.1 Å². The number of amides is 1. The van der Waals surface area contributed by atoms with Crippen LogP contribution in [0.3, 0.4) is 0 Å². The molecule has 0 aliphatic rings. The van der Waals surface area contributed by atoms with Gasteiger partial charge in [-0.2, -0.15) is 0 Å². The lowest BCUT2D eigenvalue weighted by molar-refractivity contribution is 0.0950. The van der Waals surface area contributed by atoms with Crippen LogP contribution < -0.4 is 5.32 Å². The molecule has 0 aromatic heterocycles. The van der Waals surface area contributed by atoms with Crippen LogP contribution in [0.15, 0.2) is 29.2 Å². The molecule has 1 N–H and O–H groups in total. The maximum atomic E-state index is 11.9. The molecule has 0 heterocycles. The minimum atomic E-state index is -0.00402. The van der Waals surface area contributed by atoms with Crippen molar-refractivity contribution in [2.24, 2.45) is 0 Å². The van der Waals surface area contributed by atoms with Gasteiger partial charge in [0.15, 0.2) is 0 Å². The van der Waals surface area contributed by atoms with E-state index in [2.05, 4.69) is 11.2 Å². The van der Waals surface area contributed by atoms with Gasteiger partial charge < -0.3 is 5.32 Å². The Morgan fingerprint density at radius 3 is 2.88 bits per heavy atom. The molecular weight excluding hydrogens is 230 g/mol. The normalized spacial score (nSPS) is 9.65. The summed E-state index contributed by atoms with van der Waals surface area (Å²) >= 11 is 1.58. The number of hydrogen-bond donors (Lipinski definition) is 1. The highest BCUT2D eigenvalue weighted by atomic mass is 32.2. The van der Waals surface area contributed by atoms with Gasteiger partial charge in [0.05, 0.1) is 5.56 Å². The second-order valence-electron chi connectivity index (χ2n) is 3.62. The van der Waals surface area contributed by atoms with Crippen molar-refractivity contribution in [1.29, 1.82) is 0 Å². The fraction of sp³-hybridized carbons (Fsp3) is 0.357. The van der Waals surface area contributed by atoms with Gasteiger partial charge in [-0.3, -0.25) is 4.79 Å². The van der Waals surface area contributed by atoms with E-state index < -0.39 is 0 Å². The number of terminal acetylenes is 1. The minimum Gasteiger partial charge on any atom is -0.352 e. The first-order valence-electron chi connectivity index (χ1n) is 5.64. The Bertz CT molecular complexity index is 409. The summed E-state index contributed by atoms with van der Waals surface area (Å²) < 4.78 is 0. The highest BCUT2D eigenvalue weighted by molar-refractivity contribution is 7.98. The molecule has 1 amide bonds. The Hall–Kier alpha value is -1.40. The van der Waals surface area contributed by atoms with Crippen LogP contribution >= 0.6 is 11.8 Å². The van der Waals surface area contributed by atoms with Crippen molar-refractivity contribution in [2.75, 3.05) is 12.8 Å². The highest BCUT2D eigenvalue weighted by Crippen LogP contribution is 2.19. The summed E-state index contributed by atoms with van der Waals surface area (Å²) in [4.78, 5) is 12.9. The molecule has 2 nitrogen and oxygen atoms in total. The van der Waals surface area contributed by atoms with E-state index in [1.807, 2.05) is 30.5 Å². The van der Waals surface area contributed by atoms with Crippen molar-refractivity contribution in [2.45, 2.75) is 24.2 Å². The average Bonchev–Trinajstić information content (AvgIpc) is 2.38. The third-order valence-electron chi connectivity index (χ3n) is 2.39. The number of benzene rings is 1. The number of unbranched alkanes of at least 4 members (excludes halogenated alkanes) is 2. The topological polar surface area (TPSA) is 29.1 Å². The Balaban J connectivity index is 2.44. The van der Waals surface area contributed by atoms with Crippen molar-refractivity contribution in [3.05, 3.63) is 29.8 Å². The first-order chi connectivity index (χ1) is 8.29. The SMILES string of the molecule is C#CCCCCNC(=O)c1ccccc1SC. The molecule has 0 aliphatic carbocycles. The standard InChI is InChI=1S/C14H17NOS/c1-3-4-5-8-11-15-14(16)12-9-6-7-10-13(12)17-2/h1,6-7,9-10H,4-5,8,11H2,2H3,(H,15,16). The minimum absolute atomic E-state index is 0.00402. The van der Waals surface area contributed by atoms with Gasteiger partial charge in [-0.25, -0.2) is 0 Å². The van der Waals surface area contributed by atoms with E-state index in [-0.39, 0.29) is 5.91 Å². The van der Waals surface area contributed by atoms with Gasteiger partial charge in [0.1, 0.15) is 0 Å². The molecule has 0 bridgehead atoms. The zero-order chi connectivity index (χ0) is 12.5. The van der Waals surface area contributed by atoms with Crippen LogP contribution in [0.4, 0.5) is 0 Å². The lowest BCUT2D eigenvalue weighted by atomic mass is 10.2. The molecule has 0 saturated heterocycles. The van der Waals surface area contributed by atoms with E-state index in [1.54, 1.807) is 11.8 Å². The van der Waals surface area contributed by atoms with Crippen molar-refractivity contribution >= 4 is 17.7 Å². The molecule has 1 rings (SSSR count). The number of thioether (sulfide) groups is 1. The number of rotatable bonds is 6. The third-order valence-corrected chi connectivity index (χ3v) is 3.18. The molecule has 1 aromatic carbocycles. The summed E-state index contributed by atoms with van der Waals surface area (Å²) in [5, 5.41) is 2.91. The van der Waals surface area contributed by atoms with Crippen molar-refractivity contribution in [1.82, 2.24) is 5.32 Å².